The summed E-state index contributed by atoms with van der Waals surface area (Å²) in [5, 5.41) is 0.966. The van der Waals surface area contributed by atoms with Gasteiger partial charge in [0, 0.05) is 24.2 Å². The molecule has 24 heavy (non-hydrogen) atoms. The van der Waals surface area contributed by atoms with E-state index in [1.807, 2.05) is 12.1 Å². The average Bonchev–Trinajstić information content (AvgIpc) is 3.05. The lowest BCUT2D eigenvalue weighted by atomic mass is 9.91. The normalized spacial score (nSPS) is 15.7. The van der Waals surface area contributed by atoms with E-state index in [4.69, 9.17) is 9.15 Å². The van der Waals surface area contributed by atoms with Gasteiger partial charge in [-0.1, -0.05) is 12.1 Å². The van der Waals surface area contributed by atoms with Gasteiger partial charge in [-0.2, -0.15) is 0 Å². The molecule has 0 aliphatic carbocycles. The highest BCUT2D eigenvalue weighted by Crippen LogP contribution is 2.33. The average molecular weight is 324 g/mol. The van der Waals surface area contributed by atoms with E-state index >= 15 is 0 Å². The van der Waals surface area contributed by atoms with Crippen molar-refractivity contribution in [1.82, 2.24) is 0 Å². The summed E-state index contributed by atoms with van der Waals surface area (Å²) in [6.45, 7) is 1.60. The number of ether oxygens (including phenoxy) is 1. The highest BCUT2D eigenvalue weighted by Gasteiger charge is 2.17. The van der Waals surface area contributed by atoms with Crippen LogP contribution in [0.3, 0.4) is 0 Å². The first-order valence-electron chi connectivity index (χ1n) is 8.11. The highest BCUT2D eigenvalue weighted by molar-refractivity contribution is 5.84. The number of rotatable bonds is 3. The Morgan fingerprint density at radius 3 is 2.62 bits per heavy atom. The molecule has 0 atom stereocenters. The number of fused-ring (bicyclic) bond motifs is 1. The van der Waals surface area contributed by atoms with Gasteiger partial charge in [-0.25, -0.2) is 4.39 Å². The van der Waals surface area contributed by atoms with Crippen molar-refractivity contribution < 1.29 is 18.3 Å². The van der Waals surface area contributed by atoms with Crippen molar-refractivity contribution in [2.45, 2.75) is 18.8 Å². The summed E-state index contributed by atoms with van der Waals surface area (Å²) in [4.78, 5) is 10.7. The maximum Gasteiger partial charge on any atom is 0.150 e. The molecule has 122 valence electrons. The lowest BCUT2D eigenvalue weighted by molar-refractivity contribution is 0.0853. The Morgan fingerprint density at radius 1 is 1.04 bits per heavy atom. The Kier molecular flexibility index (Phi) is 3.90. The SMILES string of the molecule is O=Cc1ccc(-c2cc3cc(C4CCOCC4)ccc3o2)c(F)c1. The molecule has 1 fully saturated rings. The Labute approximate surface area is 139 Å². The van der Waals surface area contributed by atoms with E-state index in [0.717, 1.165) is 37.0 Å². The summed E-state index contributed by atoms with van der Waals surface area (Å²) in [7, 11) is 0. The van der Waals surface area contributed by atoms with Gasteiger partial charge >= 0.3 is 0 Å². The van der Waals surface area contributed by atoms with Gasteiger partial charge in [0.1, 0.15) is 23.4 Å². The zero-order valence-corrected chi connectivity index (χ0v) is 13.1. The number of halogens is 1. The van der Waals surface area contributed by atoms with Crippen LogP contribution < -0.4 is 0 Å². The molecular weight excluding hydrogens is 307 g/mol. The molecule has 2 heterocycles. The molecule has 0 N–H and O–H groups in total. The molecular formula is C20H17FO3. The van der Waals surface area contributed by atoms with E-state index in [1.165, 1.54) is 11.6 Å². The minimum absolute atomic E-state index is 0.314. The molecule has 0 radical (unpaired) electrons. The first-order valence-corrected chi connectivity index (χ1v) is 8.11. The van der Waals surface area contributed by atoms with E-state index in [-0.39, 0.29) is 0 Å². The second kappa shape index (κ2) is 6.21. The summed E-state index contributed by atoms with van der Waals surface area (Å²) in [6, 6.07) is 12.4. The fraction of sp³-hybridized carbons (Fsp3) is 0.250. The third-order valence-corrected chi connectivity index (χ3v) is 4.63. The second-order valence-corrected chi connectivity index (χ2v) is 6.15. The number of furan rings is 1. The Balaban J connectivity index is 1.71. The number of aldehydes is 1. The third-order valence-electron chi connectivity index (χ3n) is 4.63. The largest absolute Gasteiger partial charge is 0.456 e. The van der Waals surface area contributed by atoms with Crippen LogP contribution >= 0.6 is 0 Å². The summed E-state index contributed by atoms with van der Waals surface area (Å²) >= 11 is 0. The van der Waals surface area contributed by atoms with Gasteiger partial charge in [-0.05, 0) is 54.7 Å². The van der Waals surface area contributed by atoms with Crippen LogP contribution in [0.1, 0.15) is 34.7 Å². The molecule has 4 rings (SSSR count). The number of carbonyl (C=O) groups excluding carboxylic acids is 1. The Hall–Kier alpha value is -2.46. The van der Waals surface area contributed by atoms with Gasteiger partial charge in [-0.3, -0.25) is 4.79 Å². The minimum atomic E-state index is -0.455. The smallest absolute Gasteiger partial charge is 0.150 e. The molecule has 4 heteroatoms. The van der Waals surface area contributed by atoms with Crippen molar-refractivity contribution in [2.75, 3.05) is 13.2 Å². The van der Waals surface area contributed by atoms with E-state index in [9.17, 15) is 9.18 Å². The van der Waals surface area contributed by atoms with Gasteiger partial charge in [-0.15, -0.1) is 0 Å². The fourth-order valence-corrected chi connectivity index (χ4v) is 3.28. The van der Waals surface area contributed by atoms with Crippen LogP contribution in [-0.4, -0.2) is 19.5 Å². The van der Waals surface area contributed by atoms with Gasteiger partial charge in [0.2, 0.25) is 0 Å². The van der Waals surface area contributed by atoms with Gasteiger partial charge in [0.05, 0.1) is 5.56 Å². The molecule has 1 aliphatic rings. The van der Waals surface area contributed by atoms with Crippen LogP contribution in [-0.2, 0) is 4.74 Å². The molecule has 1 aliphatic heterocycles. The van der Waals surface area contributed by atoms with Crippen molar-refractivity contribution in [1.29, 1.82) is 0 Å². The van der Waals surface area contributed by atoms with Crippen LogP contribution in [0.4, 0.5) is 4.39 Å². The summed E-state index contributed by atoms with van der Waals surface area (Å²) in [5.41, 5.74) is 2.69. The molecule has 0 spiro atoms. The van der Waals surface area contributed by atoms with Crippen LogP contribution in [0.25, 0.3) is 22.3 Å². The van der Waals surface area contributed by atoms with E-state index < -0.39 is 5.82 Å². The summed E-state index contributed by atoms with van der Waals surface area (Å²) in [5.74, 6) is 0.525. The van der Waals surface area contributed by atoms with Crippen molar-refractivity contribution in [3.8, 4) is 11.3 Å². The van der Waals surface area contributed by atoms with Crippen molar-refractivity contribution in [2.24, 2.45) is 0 Å². The maximum absolute atomic E-state index is 14.2. The first-order chi connectivity index (χ1) is 11.7. The topological polar surface area (TPSA) is 39.4 Å². The molecule has 3 nitrogen and oxygen atoms in total. The highest BCUT2D eigenvalue weighted by atomic mass is 19.1. The van der Waals surface area contributed by atoms with E-state index in [2.05, 4.69) is 12.1 Å². The van der Waals surface area contributed by atoms with Crippen LogP contribution in [0, 0.1) is 5.82 Å². The fourth-order valence-electron chi connectivity index (χ4n) is 3.28. The molecule has 2 aromatic carbocycles. The predicted octanol–water partition coefficient (Wildman–Crippen LogP) is 4.95. The molecule has 0 amide bonds. The van der Waals surface area contributed by atoms with E-state index in [1.54, 1.807) is 12.1 Å². The van der Waals surface area contributed by atoms with Crippen molar-refractivity contribution >= 4 is 17.3 Å². The summed E-state index contributed by atoms with van der Waals surface area (Å²) in [6.07, 6.45) is 2.68. The van der Waals surface area contributed by atoms with Crippen molar-refractivity contribution in [3.63, 3.8) is 0 Å². The van der Waals surface area contributed by atoms with Crippen molar-refractivity contribution in [3.05, 3.63) is 59.4 Å². The first kappa shape index (κ1) is 15.1. The lowest BCUT2D eigenvalue weighted by Gasteiger charge is -2.22. The zero-order chi connectivity index (χ0) is 16.5. The van der Waals surface area contributed by atoms with Crippen LogP contribution in [0.5, 0.6) is 0 Å². The monoisotopic (exact) mass is 324 g/mol. The molecule has 0 saturated carbocycles. The number of carbonyl (C=O) groups is 1. The standard InChI is InChI=1S/C20H17FO3/c21-18-9-13(12-22)1-3-17(18)20-11-16-10-15(2-4-19(16)24-20)14-5-7-23-8-6-14/h1-4,9-12,14H,5-8H2. The number of benzene rings is 2. The molecule has 3 aromatic rings. The third kappa shape index (κ3) is 2.74. The van der Waals surface area contributed by atoms with Crippen LogP contribution in [0.2, 0.25) is 0 Å². The van der Waals surface area contributed by atoms with Gasteiger partial charge in [0.25, 0.3) is 0 Å². The molecule has 1 saturated heterocycles. The quantitative estimate of drug-likeness (QED) is 0.640. The molecule has 0 bridgehead atoms. The maximum atomic E-state index is 14.2. The second-order valence-electron chi connectivity index (χ2n) is 6.15. The van der Waals surface area contributed by atoms with Crippen LogP contribution in [0.15, 0.2) is 46.9 Å². The summed E-state index contributed by atoms with van der Waals surface area (Å²) < 4.78 is 25.4. The Bertz CT molecular complexity index is 891. The zero-order valence-electron chi connectivity index (χ0n) is 13.1. The van der Waals surface area contributed by atoms with E-state index in [0.29, 0.717) is 29.1 Å². The lowest BCUT2D eigenvalue weighted by Crippen LogP contribution is -2.13. The number of hydrogen-bond donors (Lipinski definition) is 0. The minimum Gasteiger partial charge on any atom is -0.456 e. The van der Waals surface area contributed by atoms with Gasteiger partial charge in [0.15, 0.2) is 0 Å². The molecule has 0 unspecified atom stereocenters. The predicted molar refractivity (Wildman–Crippen MR) is 89.8 cm³/mol. The van der Waals surface area contributed by atoms with Gasteiger partial charge < -0.3 is 9.15 Å². The molecule has 1 aromatic heterocycles. The number of hydrogen-bond acceptors (Lipinski definition) is 3. The Morgan fingerprint density at radius 2 is 1.88 bits per heavy atom.